The van der Waals surface area contributed by atoms with Gasteiger partial charge in [0.2, 0.25) is 5.91 Å². The summed E-state index contributed by atoms with van der Waals surface area (Å²) in [5.74, 6) is -0.671. The van der Waals surface area contributed by atoms with Gasteiger partial charge in [0.1, 0.15) is 11.2 Å². The predicted octanol–water partition coefficient (Wildman–Crippen LogP) is 0.507. The number of rotatable bonds is 4. The van der Waals surface area contributed by atoms with Crippen molar-refractivity contribution < 1.29 is 9.72 Å². The minimum absolute atomic E-state index is 0.0643. The molecule has 0 unspecified atom stereocenters. The second kappa shape index (κ2) is 4.85. The molecular formula is C12H13N5O4. The van der Waals surface area contributed by atoms with Gasteiger partial charge < -0.3 is 16.0 Å². The third-order valence-electron chi connectivity index (χ3n) is 3.02. The maximum atomic E-state index is 11.6. The van der Waals surface area contributed by atoms with Crippen LogP contribution in [0.25, 0.3) is 10.9 Å². The van der Waals surface area contributed by atoms with Gasteiger partial charge in [0.05, 0.1) is 22.2 Å². The number of benzene rings is 1. The molecule has 1 aromatic heterocycles. The number of carbonyl (C=O) groups is 1. The Bertz CT molecular complexity index is 796. The summed E-state index contributed by atoms with van der Waals surface area (Å²) >= 11 is 0. The standard InChI is InChI=1S/C12H13N5O4/c1-12(2,11(13)19)16-8-4-7-6(3-9(8)17(20)21)10(18)15-5-14-7/h3-5,16H,1-2H3,(H2,13,19)(H,14,15,18). The van der Waals surface area contributed by atoms with E-state index in [2.05, 4.69) is 15.3 Å². The molecule has 0 saturated carbocycles. The van der Waals surface area contributed by atoms with Crippen molar-refractivity contribution in [2.24, 2.45) is 5.73 Å². The van der Waals surface area contributed by atoms with Crippen molar-refractivity contribution in [1.82, 2.24) is 9.97 Å². The number of nitrogens with two attached hydrogens (primary N) is 1. The predicted molar refractivity (Wildman–Crippen MR) is 75.9 cm³/mol. The van der Waals surface area contributed by atoms with Crippen molar-refractivity contribution in [3.63, 3.8) is 0 Å². The van der Waals surface area contributed by atoms with Crippen LogP contribution in [0.4, 0.5) is 11.4 Å². The van der Waals surface area contributed by atoms with Gasteiger partial charge in [0.15, 0.2) is 0 Å². The summed E-state index contributed by atoms with van der Waals surface area (Å²) in [6.45, 7) is 2.99. The van der Waals surface area contributed by atoms with E-state index in [4.69, 9.17) is 5.73 Å². The molecule has 0 aliphatic rings. The Labute approximate surface area is 118 Å². The number of nitro groups is 1. The lowest BCUT2D eigenvalue weighted by Gasteiger charge is -2.23. The van der Waals surface area contributed by atoms with E-state index in [0.29, 0.717) is 0 Å². The topological polar surface area (TPSA) is 144 Å². The zero-order valence-electron chi connectivity index (χ0n) is 11.3. The van der Waals surface area contributed by atoms with Crippen molar-refractivity contribution in [3.05, 3.63) is 38.9 Å². The van der Waals surface area contributed by atoms with E-state index in [1.165, 1.54) is 26.2 Å². The SMILES string of the molecule is CC(C)(Nc1cc2nc[nH]c(=O)c2cc1[N+](=O)[O-])C(N)=O. The molecule has 0 fully saturated rings. The lowest BCUT2D eigenvalue weighted by molar-refractivity contribution is -0.383. The number of amides is 1. The summed E-state index contributed by atoms with van der Waals surface area (Å²) < 4.78 is 0. The number of carbonyl (C=O) groups excluding carboxylic acids is 1. The number of H-pyrrole nitrogens is 1. The van der Waals surface area contributed by atoms with Gasteiger partial charge in [-0.25, -0.2) is 4.98 Å². The van der Waals surface area contributed by atoms with Crippen LogP contribution in [0.3, 0.4) is 0 Å². The Morgan fingerprint density at radius 2 is 2.14 bits per heavy atom. The van der Waals surface area contributed by atoms with Crippen LogP contribution in [-0.2, 0) is 4.79 Å². The first-order valence-electron chi connectivity index (χ1n) is 5.96. The fourth-order valence-corrected chi connectivity index (χ4v) is 1.75. The van der Waals surface area contributed by atoms with Gasteiger partial charge in [-0.3, -0.25) is 19.7 Å². The minimum atomic E-state index is -1.19. The van der Waals surface area contributed by atoms with Crippen molar-refractivity contribution in [1.29, 1.82) is 0 Å². The first kappa shape index (κ1) is 14.4. The second-order valence-corrected chi connectivity index (χ2v) is 4.99. The van der Waals surface area contributed by atoms with Gasteiger partial charge >= 0.3 is 0 Å². The van der Waals surface area contributed by atoms with Gasteiger partial charge in [-0.2, -0.15) is 0 Å². The molecule has 4 N–H and O–H groups in total. The van der Waals surface area contributed by atoms with Crippen molar-refractivity contribution >= 4 is 28.2 Å². The molecule has 0 atom stereocenters. The normalized spacial score (nSPS) is 11.3. The maximum Gasteiger partial charge on any atom is 0.293 e. The van der Waals surface area contributed by atoms with Crippen LogP contribution < -0.4 is 16.6 Å². The molecule has 0 bridgehead atoms. The monoisotopic (exact) mass is 291 g/mol. The maximum absolute atomic E-state index is 11.6. The number of aromatic amines is 1. The quantitative estimate of drug-likeness (QED) is 0.552. The Balaban J connectivity index is 2.67. The lowest BCUT2D eigenvalue weighted by Crippen LogP contribution is -2.45. The van der Waals surface area contributed by atoms with Crippen molar-refractivity contribution in [2.75, 3.05) is 5.32 Å². The summed E-state index contributed by atoms with van der Waals surface area (Å²) in [4.78, 5) is 39.8. The first-order valence-corrected chi connectivity index (χ1v) is 5.96. The fraction of sp³-hybridized carbons (Fsp3) is 0.250. The van der Waals surface area contributed by atoms with Crippen LogP contribution in [0, 0.1) is 10.1 Å². The first-order chi connectivity index (χ1) is 9.72. The highest BCUT2D eigenvalue weighted by Gasteiger charge is 2.28. The largest absolute Gasteiger partial charge is 0.368 e. The number of hydrogen-bond donors (Lipinski definition) is 3. The Morgan fingerprint density at radius 1 is 1.48 bits per heavy atom. The van der Waals surface area contributed by atoms with E-state index >= 15 is 0 Å². The summed E-state index contributed by atoms with van der Waals surface area (Å²) in [6.07, 6.45) is 1.19. The number of nitro benzene ring substituents is 1. The van der Waals surface area contributed by atoms with Gasteiger partial charge in [0.25, 0.3) is 11.2 Å². The summed E-state index contributed by atoms with van der Waals surface area (Å²) in [6, 6.07) is 2.45. The molecule has 110 valence electrons. The van der Waals surface area contributed by atoms with Gasteiger partial charge in [0, 0.05) is 6.07 Å². The highest BCUT2D eigenvalue weighted by molar-refractivity contribution is 5.91. The third kappa shape index (κ3) is 2.66. The zero-order valence-corrected chi connectivity index (χ0v) is 11.3. The molecule has 1 heterocycles. The third-order valence-corrected chi connectivity index (χ3v) is 3.02. The summed E-state index contributed by atoms with van der Waals surface area (Å²) in [7, 11) is 0. The van der Waals surface area contributed by atoms with Crippen molar-refractivity contribution in [3.8, 4) is 0 Å². The number of nitrogens with one attached hydrogen (secondary N) is 2. The molecule has 2 aromatic rings. The molecule has 1 amide bonds. The zero-order chi connectivity index (χ0) is 15.8. The second-order valence-electron chi connectivity index (χ2n) is 4.99. The van der Waals surface area contributed by atoms with Crippen LogP contribution in [-0.4, -0.2) is 26.3 Å². The molecule has 9 nitrogen and oxygen atoms in total. The summed E-state index contributed by atoms with van der Waals surface area (Å²) in [5, 5.41) is 13.9. The molecule has 9 heteroatoms. The highest BCUT2D eigenvalue weighted by atomic mass is 16.6. The van der Waals surface area contributed by atoms with E-state index in [-0.39, 0.29) is 22.3 Å². The van der Waals surface area contributed by atoms with Crippen LogP contribution in [0.1, 0.15) is 13.8 Å². The Morgan fingerprint density at radius 3 is 2.71 bits per heavy atom. The molecular weight excluding hydrogens is 278 g/mol. The molecule has 1 aromatic carbocycles. The summed E-state index contributed by atoms with van der Waals surface area (Å²) in [5.41, 5.74) is 3.56. The van der Waals surface area contributed by atoms with Crippen LogP contribution in [0.5, 0.6) is 0 Å². The van der Waals surface area contributed by atoms with Gasteiger partial charge in [-0.1, -0.05) is 0 Å². The van der Waals surface area contributed by atoms with E-state index < -0.39 is 21.9 Å². The molecule has 0 radical (unpaired) electrons. The number of fused-ring (bicyclic) bond motifs is 1. The molecule has 0 saturated heterocycles. The molecule has 0 aliphatic heterocycles. The van der Waals surface area contributed by atoms with Crippen LogP contribution in [0.2, 0.25) is 0 Å². The van der Waals surface area contributed by atoms with Crippen LogP contribution >= 0.6 is 0 Å². The average Bonchev–Trinajstić information content (AvgIpc) is 2.37. The Hall–Kier alpha value is -2.97. The molecule has 21 heavy (non-hydrogen) atoms. The Kier molecular flexibility index (Phi) is 3.34. The molecule has 0 spiro atoms. The van der Waals surface area contributed by atoms with Gasteiger partial charge in [-0.05, 0) is 19.9 Å². The van der Waals surface area contributed by atoms with Crippen LogP contribution in [0.15, 0.2) is 23.3 Å². The number of nitrogens with zero attached hydrogens (tertiary/aromatic N) is 2. The highest BCUT2D eigenvalue weighted by Crippen LogP contribution is 2.30. The number of primary amides is 1. The smallest absolute Gasteiger partial charge is 0.293 e. The average molecular weight is 291 g/mol. The minimum Gasteiger partial charge on any atom is -0.368 e. The van der Waals surface area contributed by atoms with Gasteiger partial charge in [-0.15, -0.1) is 0 Å². The van der Waals surface area contributed by atoms with E-state index in [0.717, 1.165) is 6.07 Å². The number of hydrogen-bond acceptors (Lipinski definition) is 6. The van der Waals surface area contributed by atoms with Crippen molar-refractivity contribution in [2.45, 2.75) is 19.4 Å². The fourth-order valence-electron chi connectivity index (χ4n) is 1.75. The number of anilines is 1. The van der Waals surface area contributed by atoms with E-state index in [1.807, 2.05) is 0 Å². The van der Waals surface area contributed by atoms with E-state index in [9.17, 15) is 19.7 Å². The number of aromatic nitrogens is 2. The lowest BCUT2D eigenvalue weighted by atomic mass is 10.0. The molecule has 0 aliphatic carbocycles. The van der Waals surface area contributed by atoms with E-state index in [1.54, 1.807) is 0 Å². The molecule has 2 rings (SSSR count).